The van der Waals surface area contributed by atoms with Crippen LogP contribution in [0.5, 0.6) is 0 Å². The number of hydrogen-bond donors (Lipinski definition) is 0. The molecule has 0 radical (unpaired) electrons. The summed E-state index contributed by atoms with van der Waals surface area (Å²) in [5, 5.41) is 13.0. The van der Waals surface area contributed by atoms with Crippen molar-refractivity contribution in [2.24, 2.45) is 0 Å². The molecule has 0 unspecified atom stereocenters. The van der Waals surface area contributed by atoms with Crippen LogP contribution in [0.1, 0.15) is 41.3 Å². The van der Waals surface area contributed by atoms with E-state index >= 15 is 0 Å². The summed E-state index contributed by atoms with van der Waals surface area (Å²) >= 11 is 0. The third kappa shape index (κ3) is 3.89. The van der Waals surface area contributed by atoms with Crippen molar-refractivity contribution in [3.63, 3.8) is 0 Å². The van der Waals surface area contributed by atoms with E-state index < -0.39 is 0 Å². The molecule has 1 aromatic carbocycles. The standard InChI is InChI=1S/C19H21FN4O/c20-18-9-14(11-21)1-2-16(18)12-23-5-7-24(8-6-23)13-17-10-19(25-22-17)15-3-4-15/h1-2,9-10,15H,3-8,12-13H2. The molecule has 0 amide bonds. The molecule has 1 aliphatic heterocycles. The lowest BCUT2D eigenvalue weighted by molar-refractivity contribution is 0.119. The van der Waals surface area contributed by atoms with Crippen LogP contribution in [-0.4, -0.2) is 41.1 Å². The summed E-state index contributed by atoms with van der Waals surface area (Å²) in [5.74, 6) is 1.34. The van der Waals surface area contributed by atoms with Gasteiger partial charge in [-0.2, -0.15) is 5.26 Å². The Labute approximate surface area is 146 Å². The van der Waals surface area contributed by atoms with Gasteiger partial charge in [-0.25, -0.2) is 4.39 Å². The van der Waals surface area contributed by atoms with Crippen LogP contribution < -0.4 is 0 Å². The van der Waals surface area contributed by atoms with Crippen molar-refractivity contribution < 1.29 is 8.91 Å². The molecule has 1 aliphatic carbocycles. The van der Waals surface area contributed by atoms with Crippen LogP contribution in [0.4, 0.5) is 4.39 Å². The minimum absolute atomic E-state index is 0.295. The lowest BCUT2D eigenvalue weighted by atomic mass is 10.1. The highest BCUT2D eigenvalue weighted by Gasteiger charge is 2.28. The van der Waals surface area contributed by atoms with Crippen molar-refractivity contribution >= 4 is 0 Å². The highest BCUT2D eigenvalue weighted by atomic mass is 19.1. The Morgan fingerprint density at radius 2 is 1.84 bits per heavy atom. The molecule has 25 heavy (non-hydrogen) atoms. The first-order valence-corrected chi connectivity index (χ1v) is 8.80. The number of benzene rings is 1. The van der Waals surface area contributed by atoms with Gasteiger partial charge in [-0.05, 0) is 25.0 Å². The van der Waals surface area contributed by atoms with Gasteiger partial charge in [0.1, 0.15) is 11.6 Å². The van der Waals surface area contributed by atoms with E-state index in [0.717, 1.165) is 44.2 Å². The molecule has 2 heterocycles. The summed E-state index contributed by atoms with van der Waals surface area (Å²) in [5.41, 5.74) is 2.02. The minimum atomic E-state index is -0.295. The Morgan fingerprint density at radius 1 is 1.12 bits per heavy atom. The smallest absolute Gasteiger partial charge is 0.140 e. The molecular weight excluding hydrogens is 319 g/mol. The molecule has 0 atom stereocenters. The molecule has 4 rings (SSSR count). The maximum atomic E-state index is 14.0. The van der Waals surface area contributed by atoms with Crippen molar-refractivity contribution in [3.05, 3.63) is 52.7 Å². The fourth-order valence-electron chi connectivity index (χ4n) is 3.28. The lowest BCUT2D eigenvalue weighted by Crippen LogP contribution is -2.45. The van der Waals surface area contributed by atoms with E-state index in [9.17, 15) is 4.39 Å². The molecule has 2 fully saturated rings. The molecule has 1 aromatic heterocycles. The summed E-state index contributed by atoms with van der Waals surface area (Å²) in [6, 6.07) is 8.77. The van der Waals surface area contributed by atoms with Gasteiger partial charge in [-0.1, -0.05) is 11.2 Å². The number of piperazine rings is 1. The third-order valence-corrected chi connectivity index (χ3v) is 4.98. The molecule has 6 heteroatoms. The first-order valence-electron chi connectivity index (χ1n) is 8.80. The van der Waals surface area contributed by atoms with E-state index in [1.165, 1.54) is 18.9 Å². The van der Waals surface area contributed by atoms with E-state index in [4.69, 9.17) is 9.78 Å². The molecule has 0 spiro atoms. The Bertz CT molecular complexity index is 785. The number of nitrogens with zero attached hydrogens (tertiary/aromatic N) is 4. The number of hydrogen-bond acceptors (Lipinski definition) is 5. The monoisotopic (exact) mass is 340 g/mol. The number of aromatic nitrogens is 1. The molecule has 1 saturated carbocycles. The predicted molar refractivity (Wildman–Crippen MR) is 90.1 cm³/mol. The van der Waals surface area contributed by atoms with Crippen LogP contribution >= 0.6 is 0 Å². The Kier molecular flexibility index (Phi) is 4.51. The fraction of sp³-hybridized carbons (Fsp3) is 0.474. The number of nitriles is 1. The SMILES string of the molecule is N#Cc1ccc(CN2CCN(Cc3cc(C4CC4)on3)CC2)c(F)c1. The van der Waals surface area contributed by atoms with Crippen LogP contribution in [0.3, 0.4) is 0 Å². The molecule has 0 bridgehead atoms. The van der Waals surface area contributed by atoms with Crippen LogP contribution in [-0.2, 0) is 13.1 Å². The number of rotatable bonds is 5. The van der Waals surface area contributed by atoms with E-state index in [-0.39, 0.29) is 5.82 Å². The summed E-state index contributed by atoms with van der Waals surface area (Å²) in [6.45, 7) is 5.06. The first-order chi connectivity index (χ1) is 12.2. The average molecular weight is 340 g/mol. The summed E-state index contributed by atoms with van der Waals surface area (Å²) in [4.78, 5) is 4.61. The van der Waals surface area contributed by atoms with Crippen molar-refractivity contribution in [2.45, 2.75) is 31.8 Å². The molecule has 0 N–H and O–H groups in total. The number of halogens is 1. The van der Waals surface area contributed by atoms with Crippen molar-refractivity contribution in [2.75, 3.05) is 26.2 Å². The Hall–Kier alpha value is -2.23. The normalized spacial score (nSPS) is 19.0. The molecule has 2 aliphatic rings. The second kappa shape index (κ2) is 6.95. The Balaban J connectivity index is 1.28. The second-order valence-electron chi connectivity index (χ2n) is 6.97. The maximum Gasteiger partial charge on any atom is 0.140 e. The third-order valence-electron chi connectivity index (χ3n) is 4.98. The predicted octanol–water partition coefficient (Wildman–Crippen LogP) is 2.88. The largest absolute Gasteiger partial charge is 0.361 e. The molecule has 5 nitrogen and oxygen atoms in total. The lowest BCUT2D eigenvalue weighted by Gasteiger charge is -2.34. The van der Waals surface area contributed by atoms with Crippen molar-refractivity contribution in [1.29, 1.82) is 5.26 Å². The van der Waals surface area contributed by atoms with Gasteiger partial charge in [0.05, 0.1) is 17.3 Å². The topological polar surface area (TPSA) is 56.3 Å². The van der Waals surface area contributed by atoms with Crippen LogP contribution in [0.25, 0.3) is 0 Å². The zero-order valence-corrected chi connectivity index (χ0v) is 14.1. The summed E-state index contributed by atoms with van der Waals surface area (Å²) in [6.07, 6.45) is 2.44. The Morgan fingerprint density at radius 3 is 2.48 bits per heavy atom. The van der Waals surface area contributed by atoms with E-state index in [0.29, 0.717) is 23.6 Å². The quantitative estimate of drug-likeness (QED) is 0.838. The van der Waals surface area contributed by atoms with E-state index in [1.54, 1.807) is 12.1 Å². The van der Waals surface area contributed by atoms with Gasteiger partial charge in [-0.15, -0.1) is 0 Å². The second-order valence-corrected chi connectivity index (χ2v) is 6.97. The van der Waals surface area contributed by atoms with Gasteiger partial charge in [0, 0.05) is 56.8 Å². The van der Waals surface area contributed by atoms with Crippen molar-refractivity contribution in [1.82, 2.24) is 15.0 Å². The average Bonchev–Trinajstić information content (AvgIpc) is 3.38. The molecular formula is C19H21FN4O. The van der Waals surface area contributed by atoms with Crippen LogP contribution in [0, 0.1) is 17.1 Å². The summed E-state index contributed by atoms with van der Waals surface area (Å²) < 4.78 is 19.4. The van der Waals surface area contributed by atoms with Gasteiger partial charge in [0.2, 0.25) is 0 Å². The van der Waals surface area contributed by atoms with Gasteiger partial charge in [0.15, 0.2) is 0 Å². The van der Waals surface area contributed by atoms with Gasteiger partial charge in [0.25, 0.3) is 0 Å². The molecule has 2 aromatic rings. The van der Waals surface area contributed by atoms with Crippen LogP contribution in [0.2, 0.25) is 0 Å². The zero-order chi connectivity index (χ0) is 17.2. The summed E-state index contributed by atoms with van der Waals surface area (Å²) in [7, 11) is 0. The highest BCUT2D eigenvalue weighted by Crippen LogP contribution is 2.40. The first kappa shape index (κ1) is 16.2. The maximum absolute atomic E-state index is 14.0. The minimum Gasteiger partial charge on any atom is -0.361 e. The molecule has 130 valence electrons. The zero-order valence-electron chi connectivity index (χ0n) is 14.1. The fourth-order valence-corrected chi connectivity index (χ4v) is 3.28. The van der Waals surface area contributed by atoms with E-state index in [1.807, 2.05) is 6.07 Å². The van der Waals surface area contributed by atoms with Crippen LogP contribution in [0.15, 0.2) is 28.8 Å². The van der Waals surface area contributed by atoms with E-state index in [2.05, 4.69) is 21.0 Å². The molecule has 1 saturated heterocycles. The van der Waals surface area contributed by atoms with Gasteiger partial charge in [-0.3, -0.25) is 9.80 Å². The highest BCUT2D eigenvalue weighted by molar-refractivity contribution is 5.32. The van der Waals surface area contributed by atoms with Gasteiger partial charge >= 0.3 is 0 Å². The van der Waals surface area contributed by atoms with Crippen molar-refractivity contribution in [3.8, 4) is 6.07 Å². The van der Waals surface area contributed by atoms with Gasteiger partial charge < -0.3 is 4.52 Å².